The van der Waals surface area contributed by atoms with Crippen LogP contribution in [0.1, 0.15) is 68.2 Å². The third-order valence-corrected chi connectivity index (χ3v) is 3.41. The molecule has 0 aliphatic rings. The summed E-state index contributed by atoms with van der Waals surface area (Å²) in [6.45, 7) is 11.2. The molecule has 94 valence electrons. The minimum Gasteiger partial charge on any atom is -0.0839 e. The van der Waals surface area contributed by atoms with Gasteiger partial charge in [0, 0.05) is 0 Å². The smallest absolute Gasteiger partial charge is 0.0198 e. The topological polar surface area (TPSA) is 0 Å². The molecule has 0 saturated heterocycles. The number of hydrogen-bond acceptors (Lipinski definition) is 0. The van der Waals surface area contributed by atoms with E-state index in [1.807, 2.05) is 0 Å². The van der Waals surface area contributed by atoms with E-state index >= 15 is 0 Å². The first-order valence-corrected chi connectivity index (χ1v) is 6.84. The van der Waals surface area contributed by atoms with Crippen molar-refractivity contribution in [2.45, 2.75) is 59.8 Å². The molecule has 0 heteroatoms. The van der Waals surface area contributed by atoms with Crippen molar-refractivity contribution in [3.63, 3.8) is 0 Å². The zero-order valence-corrected chi connectivity index (χ0v) is 12.0. The highest BCUT2D eigenvalue weighted by molar-refractivity contribution is 5.59. The lowest BCUT2D eigenvalue weighted by molar-refractivity contribution is 0.816. The Kier molecular flexibility index (Phi) is 5.47. The van der Waals surface area contributed by atoms with Gasteiger partial charge in [0.2, 0.25) is 0 Å². The zero-order chi connectivity index (χ0) is 12.8. The van der Waals surface area contributed by atoms with Gasteiger partial charge in [-0.3, -0.25) is 0 Å². The van der Waals surface area contributed by atoms with Crippen LogP contribution in [0.2, 0.25) is 0 Å². The molecule has 0 aromatic heterocycles. The van der Waals surface area contributed by atoms with Gasteiger partial charge in [-0.25, -0.2) is 0 Å². The van der Waals surface area contributed by atoms with E-state index in [1.54, 1.807) is 0 Å². The maximum absolute atomic E-state index is 2.32. The van der Waals surface area contributed by atoms with Crippen molar-refractivity contribution in [3.05, 3.63) is 40.5 Å². The van der Waals surface area contributed by atoms with Gasteiger partial charge in [0.15, 0.2) is 0 Å². The molecule has 1 rings (SSSR count). The van der Waals surface area contributed by atoms with E-state index < -0.39 is 0 Å². The number of allylic oxidation sites excluding steroid dienone is 1. The van der Waals surface area contributed by atoms with Crippen molar-refractivity contribution in [2.75, 3.05) is 0 Å². The normalized spacial score (nSPS) is 11.6. The summed E-state index contributed by atoms with van der Waals surface area (Å²) in [5.41, 5.74) is 5.74. The molecular weight excluding hydrogens is 204 g/mol. The van der Waals surface area contributed by atoms with Crippen LogP contribution in [0.3, 0.4) is 0 Å². The average molecular weight is 230 g/mol. The molecule has 0 amide bonds. The predicted octanol–water partition coefficient (Wildman–Crippen LogP) is 5.63. The average Bonchev–Trinajstić information content (AvgIpc) is 2.27. The molecule has 1 aromatic carbocycles. The molecule has 0 bridgehead atoms. The van der Waals surface area contributed by atoms with Crippen molar-refractivity contribution >= 4 is 6.08 Å². The van der Waals surface area contributed by atoms with Crippen molar-refractivity contribution in [3.8, 4) is 0 Å². The molecule has 0 fully saturated rings. The van der Waals surface area contributed by atoms with Crippen LogP contribution in [-0.4, -0.2) is 0 Å². The third kappa shape index (κ3) is 3.73. The Morgan fingerprint density at radius 2 is 1.88 bits per heavy atom. The quantitative estimate of drug-likeness (QED) is 0.575. The first-order chi connectivity index (χ1) is 8.07. The fourth-order valence-electron chi connectivity index (χ4n) is 2.29. The predicted molar refractivity (Wildman–Crippen MR) is 78.6 cm³/mol. The Balaban J connectivity index is 2.97. The van der Waals surface area contributed by atoms with Crippen LogP contribution < -0.4 is 0 Å². The number of hydrogen-bond donors (Lipinski definition) is 0. The van der Waals surface area contributed by atoms with Gasteiger partial charge in [0.25, 0.3) is 0 Å². The standard InChI is InChI=1S/C17H26/c1-6-7-8-9-10-17-14(4)11-12-16(13(2)3)15(17)5/h9-13H,6-8H2,1-5H3. The molecule has 0 saturated carbocycles. The molecule has 0 spiro atoms. The first-order valence-electron chi connectivity index (χ1n) is 6.84. The minimum atomic E-state index is 0.610. The van der Waals surface area contributed by atoms with E-state index in [9.17, 15) is 0 Å². The Morgan fingerprint density at radius 3 is 2.47 bits per heavy atom. The molecule has 0 radical (unpaired) electrons. The van der Waals surface area contributed by atoms with Gasteiger partial charge < -0.3 is 0 Å². The zero-order valence-electron chi connectivity index (χ0n) is 12.0. The van der Waals surface area contributed by atoms with E-state index in [0.29, 0.717) is 5.92 Å². The maximum atomic E-state index is 2.32. The van der Waals surface area contributed by atoms with Crippen LogP contribution in [0.25, 0.3) is 6.08 Å². The second kappa shape index (κ2) is 6.64. The Morgan fingerprint density at radius 1 is 1.18 bits per heavy atom. The fourth-order valence-corrected chi connectivity index (χ4v) is 2.29. The van der Waals surface area contributed by atoms with Crippen LogP contribution in [-0.2, 0) is 0 Å². The summed E-state index contributed by atoms with van der Waals surface area (Å²) in [5.74, 6) is 0.610. The SMILES string of the molecule is CCCCC=Cc1c(C)ccc(C(C)C)c1C. The molecular formula is C17H26. The van der Waals surface area contributed by atoms with Crippen molar-refractivity contribution in [1.82, 2.24) is 0 Å². The summed E-state index contributed by atoms with van der Waals surface area (Å²) in [5, 5.41) is 0. The van der Waals surface area contributed by atoms with Gasteiger partial charge in [-0.2, -0.15) is 0 Å². The van der Waals surface area contributed by atoms with Crippen molar-refractivity contribution in [2.24, 2.45) is 0 Å². The van der Waals surface area contributed by atoms with E-state index in [4.69, 9.17) is 0 Å². The fraction of sp³-hybridized carbons (Fsp3) is 0.529. The van der Waals surface area contributed by atoms with Crippen molar-refractivity contribution in [1.29, 1.82) is 0 Å². The third-order valence-electron chi connectivity index (χ3n) is 3.41. The molecule has 0 atom stereocenters. The van der Waals surface area contributed by atoms with Crippen LogP contribution in [0.5, 0.6) is 0 Å². The molecule has 0 nitrogen and oxygen atoms in total. The molecule has 1 aromatic rings. The van der Waals surface area contributed by atoms with Crippen molar-refractivity contribution < 1.29 is 0 Å². The lowest BCUT2D eigenvalue weighted by Crippen LogP contribution is -1.96. The van der Waals surface area contributed by atoms with Crippen LogP contribution in [0.4, 0.5) is 0 Å². The summed E-state index contributed by atoms with van der Waals surface area (Å²) in [4.78, 5) is 0. The number of aryl methyl sites for hydroxylation is 1. The van der Waals surface area contributed by atoms with Crippen LogP contribution >= 0.6 is 0 Å². The molecule has 0 aliphatic carbocycles. The van der Waals surface area contributed by atoms with Gasteiger partial charge in [-0.05, 0) is 48.4 Å². The van der Waals surface area contributed by atoms with E-state index in [2.05, 4.69) is 58.9 Å². The van der Waals surface area contributed by atoms with E-state index in [0.717, 1.165) is 0 Å². The molecule has 0 N–H and O–H groups in total. The molecule has 0 heterocycles. The Labute approximate surface area is 107 Å². The van der Waals surface area contributed by atoms with Gasteiger partial charge in [0.1, 0.15) is 0 Å². The molecule has 17 heavy (non-hydrogen) atoms. The van der Waals surface area contributed by atoms with E-state index in [-0.39, 0.29) is 0 Å². The minimum absolute atomic E-state index is 0.610. The van der Waals surface area contributed by atoms with E-state index in [1.165, 1.54) is 41.5 Å². The number of unbranched alkanes of at least 4 members (excludes halogenated alkanes) is 2. The molecule has 0 aliphatic heterocycles. The second-order valence-electron chi connectivity index (χ2n) is 5.21. The highest BCUT2D eigenvalue weighted by Crippen LogP contribution is 2.25. The number of benzene rings is 1. The Bertz CT molecular complexity index is 383. The monoisotopic (exact) mass is 230 g/mol. The Hall–Kier alpha value is -1.04. The van der Waals surface area contributed by atoms with Crippen LogP contribution in [0, 0.1) is 13.8 Å². The highest BCUT2D eigenvalue weighted by Gasteiger charge is 2.07. The molecule has 0 unspecified atom stereocenters. The second-order valence-corrected chi connectivity index (χ2v) is 5.21. The van der Waals surface area contributed by atoms with Gasteiger partial charge in [-0.15, -0.1) is 0 Å². The largest absolute Gasteiger partial charge is 0.0839 e. The van der Waals surface area contributed by atoms with Crippen LogP contribution in [0.15, 0.2) is 18.2 Å². The number of rotatable bonds is 5. The lowest BCUT2D eigenvalue weighted by atomic mass is 9.91. The first kappa shape index (κ1) is 14.0. The van der Waals surface area contributed by atoms with Gasteiger partial charge in [0.05, 0.1) is 0 Å². The summed E-state index contributed by atoms with van der Waals surface area (Å²) in [6.07, 6.45) is 8.39. The maximum Gasteiger partial charge on any atom is -0.0198 e. The highest BCUT2D eigenvalue weighted by atomic mass is 14.1. The summed E-state index contributed by atoms with van der Waals surface area (Å²) >= 11 is 0. The summed E-state index contributed by atoms with van der Waals surface area (Å²) in [7, 11) is 0. The van der Waals surface area contributed by atoms with Gasteiger partial charge >= 0.3 is 0 Å². The summed E-state index contributed by atoms with van der Waals surface area (Å²) < 4.78 is 0. The summed E-state index contributed by atoms with van der Waals surface area (Å²) in [6, 6.07) is 4.53. The lowest BCUT2D eigenvalue weighted by Gasteiger charge is -2.14. The van der Waals surface area contributed by atoms with Gasteiger partial charge in [-0.1, -0.05) is 57.9 Å².